The van der Waals surface area contributed by atoms with E-state index in [1.807, 2.05) is 0 Å². The van der Waals surface area contributed by atoms with Gasteiger partial charge in [0, 0.05) is 13.0 Å². The first kappa shape index (κ1) is 14.2. The Kier molecular flexibility index (Phi) is 4.42. The second-order valence-electron chi connectivity index (χ2n) is 4.77. The minimum atomic E-state index is -1.11. The Bertz CT molecular complexity index is 457. The van der Waals surface area contributed by atoms with E-state index in [-0.39, 0.29) is 24.7 Å². The molecular formula is C13H16FNO3. The quantitative estimate of drug-likeness (QED) is 0.842. The van der Waals surface area contributed by atoms with Crippen LogP contribution in [0.25, 0.3) is 0 Å². The van der Waals surface area contributed by atoms with Crippen molar-refractivity contribution < 1.29 is 19.1 Å². The molecule has 0 saturated carbocycles. The van der Waals surface area contributed by atoms with Crippen molar-refractivity contribution in [3.8, 4) is 0 Å². The first-order valence-electron chi connectivity index (χ1n) is 5.56. The predicted molar refractivity (Wildman–Crippen MR) is 64.3 cm³/mol. The third kappa shape index (κ3) is 4.16. The van der Waals surface area contributed by atoms with E-state index in [9.17, 15) is 14.0 Å². The number of amides is 1. The average molecular weight is 253 g/mol. The van der Waals surface area contributed by atoms with Gasteiger partial charge >= 0.3 is 5.97 Å². The lowest BCUT2D eigenvalue weighted by atomic mass is 9.89. The van der Waals surface area contributed by atoms with Crippen molar-refractivity contribution in [2.45, 2.75) is 26.8 Å². The summed E-state index contributed by atoms with van der Waals surface area (Å²) >= 11 is 0. The number of carbonyl (C=O) groups excluding carboxylic acids is 1. The lowest BCUT2D eigenvalue weighted by molar-refractivity contribution is -0.149. The van der Waals surface area contributed by atoms with Gasteiger partial charge in [0.1, 0.15) is 5.82 Å². The van der Waals surface area contributed by atoms with Gasteiger partial charge in [0.25, 0.3) is 0 Å². The molecule has 1 amide bonds. The minimum Gasteiger partial charge on any atom is -0.481 e. The maximum Gasteiger partial charge on any atom is 0.309 e. The first-order valence-corrected chi connectivity index (χ1v) is 5.56. The van der Waals surface area contributed by atoms with Crippen LogP contribution in [0.3, 0.4) is 0 Å². The van der Waals surface area contributed by atoms with Crippen LogP contribution in [-0.2, 0) is 16.1 Å². The van der Waals surface area contributed by atoms with Gasteiger partial charge in [0.2, 0.25) is 5.91 Å². The molecule has 2 N–H and O–H groups in total. The van der Waals surface area contributed by atoms with Crippen LogP contribution >= 0.6 is 0 Å². The van der Waals surface area contributed by atoms with Crippen LogP contribution < -0.4 is 5.32 Å². The third-order valence-electron chi connectivity index (χ3n) is 2.56. The van der Waals surface area contributed by atoms with Crippen LogP contribution in [0.4, 0.5) is 4.39 Å². The topological polar surface area (TPSA) is 66.4 Å². The summed E-state index contributed by atoms with van der Waals surface area (Å²) in [7, 11) is 0. The Balaban J connectivity index is 2.50. The number of rotatable bonds is 5. The number of carboxylic acid groups (broad SMARTS) is 1. The lowest BCUT2D eigenvalue weighted by Gasteiger charge is -2.18. The number of hydrogen-bond donors (Lipinski definition) is 2. The fraction of sp³-hybridized carbons (Fsp3) is 0.385. The molecule has 1 aromatic carbocycles. The summed E-state index contributed by atoms with van der Waals surface area (Å²) in [5.41, 5.74) is -0.470. The van der Waals surface area contributed by atoms with E-state index in [0.717, 1.165) is 0 Å². The third-order valence-corrected chi connectivity index (χ3v) is 2.56. The average Bonchev–Trinajstić information content (AvgIpc) is 2.25. The van der Waals surface area contributed by atoms with Gasteiger partial charge < -0.3 is 10.4 Å². The van der Waals surface area contributed by atoms with E-state index in [4.69, 9.17) is 5.11 Å². The highest BCUT2D eigenvalue weighted by molar-refractivity contribution is 5.84. The summed E-state index contributed by atoms with van der Waals surface area (Å²) in [5, 5.41) is 11.5. The molecule has 18 heavy (non-hydrogen) atoms. The number of carboxylic acids is 1. The molecule has 98 valence electrons. The Hall–Kier alpha value is -1.91. The van der Waals surface area contributed by atoms with Crippen molar-refractivity contribution in [2.75, 3.05) is 0 Å². The molecule has 0 spiro atoms. The van der Waals surface area contributed by atoms with Crippen molar-refractivity contribution in [3.05, 3.63) is 35.6 Å². The van der Waals surface area contributed by atoms with Crippen LogP contribution in [0, 0.1) is 11.2 Å². The van der Waals surface area contributed by atoms with Gasteiger partial charge in [0.15, 0.2) is 0 Å². The van der Waals surface area contributed by atoms with Crippen LogP contribution in [0.1, 0.15) is 25.8 Å². The van der Waals surface area contributed by atoms with Gasteiger partial charge in [-0.3, -0.25) is 9.59 Å². The van der Waals surface area contributed by atoms with Crippen molar-refractivity contribution in [3.63, 3.8) is 0 Å². The van der Waals surface area contributed by atoms with Crippen molar-refractivity contribution in [1.29, 1.82) is 0 Å². The van der Waals surface area contributed by atoms with E-state index in [0.29, 0.717) is 5.56 Å². The Labute approximate surface area is 105 Å². The van der Waals surface area contributed by atoms with Crippen LogP contribution in [-0.4, -0.2) is 17.0 Å². The zero-order valence-corrected chi connectivity index (χ0v) is 10.4. The molecule has 1 rings (SSSR count). The number of hydrogen-bond acceptors (Lipinski definition) is 2. The molecular weight excluding hydrogens is 237 g/mol. The zero-order valence-electron chi connectivity index (χ0n) is 10.4. The molecule has 0 aliphatic rings. The molecule has 0 aliphatic heterocycles. The summed E-state index contributed by atoms with van der Waals surface area (Å²) in [5.74, 6) is -1.76. The van der Waals surface area contributed by atoms with E-state index < -0.39 is 11.4 Å². The minimum absolute atomic E-state index is 0.113. The van der Waals surface area contributed by atoms with Crippen molar-refractivity contribution >= 4 is 11.9 Å². The fourth-order valence-corrected chi connectivity index (χ4v) is 1.39. The SMILES string of the molecule is CC(C)(CC(=O)NCc1cccc(F)c1)C(=O)O. The summed E-state index contributed by atoms with van der Waals surface area (Å²) in [6.07, 6.45) is -0.113. The van der Waals surface area contributed by atoms with E-state index in [2.05, 4.69) is 5.32 Å². The summed E-state index contributed by atoms with van der Waals surface area (Å²) in [6, 6.07) is 5.88. The van der Waals surface area contributed by atoms with Gasteiger partial charge in [-0.1, -0.05) is 12.1 Å². The molecule has 0 fully saturated rings. The monoisotopic (exact) mass is 253 g/mol. The number of aliphatic carboxylic acids is 1. The van der Waals surface area contributed by atoms with Crippen LogP contribution in [0.2, 0.25) is 0 Å². The number of nitrogens with one attached hydrogen (secondary N) is 1. The normalized spacial score (nSPS) is 11.1. The Morgan fingerprint density at radius 2 is 2.06 bits per heavy atom. The number of halogens is 1. The van der Waals surface area contributed by atoms with Crippen molar-refractivity contribution in [2.24, 2.45) is 5.41 Å². The molecule has 0 aliphatic carbocycles. The molecule has 1 aromatic rings. The molecule has 4 nitrogen and oxygen atoms in total. The van der Waals surface area contributed by atoms with Crippen molar-refractivity contribution in [1.82, 2.24) is 5.32 Å². The first-order chi connectivity index (χ1) is 8.31. The zero-order chi connectivity index (χ0) is 13.8. The highest BCUT2D eigenvalue weighted by atomic mass is 19.1. The van der Waals surface area contributed by atoms with E-state index in [1.54, 1.807) is 12.1 Å². The molecule has 5 heteroatoms. The number of benzene rings is 1. The second-order valence-corrected chi connectivity index (χ2v) is 4.77. The Morgan fingerprint density at radius 1 is 1.39 bits per heavy atom. The standard InChI is InChI=1S/C13H16FNO3/c1-13(2,12(17)18)7-11(16)15-8-9-4-3-5-10(14)6-9/h3-6H,7-8H2,1-2H3,(H,15,16)(H,17,18). The van der Waals surface area contributed by atoms with Gasteiger partial charge in [0.05, 0.1) is 5.41 Å². The Morgan fingerprint density at radius 3 is 2.61 bits per heavy atom. The largest absolute Gasteiger partial charge is 0.481 e. The van der Waals surface area contributed by atoms with Gasteiger partial charge in [-0.2, -0.15) is 0 Å². The summed E-state index contributed by atoms with van der Waals surface area (Å²) in [6.45, 7) is 3.15. The lowest BCUT2D eigenvalue weighted by Crippen LogP contribution is -2.33. The molecule has 0 bridgehead atoms. The highest BCUT2D eigenvalue weighted by Crippen LogP contribution is 2.20. The van der Waals surface area contributed by atoms with E-state index in [1.165, 1.54) is 26.0 Å². The molecule has 0 saturated heterocycles. The van der Waals surface area contributed by atoms with Gasteiger partial charge in [-0.15, -0.1) is 0 Å². The molecule has 0 aromatic heterocycles. The molecule has 0 radical (unpaired) electrons. The smallest absolute Gasteiger partial charge is 0.309 e. The number of carbonyl (C=O) groups is 2. The highest BCUT2D eigenvalue weighted by Gasteiger charge is 2.29. The van der Waals surface area contributed by atoms with Gasteiger partial charge in [-0.25, -0.2) is 4.39 Å². The molecule has 0 atom stereocenters. The predicted octanol–water partition coefficient (Wildman–Crippen LogP) is 1.94. The maximum absolute atomic E-state index is 12.9. The van der Waals surface area contributed by atoms with Gasteiger partial charge in [-0.05, 0) is 31.5 Å². The van der Waals surface area contributed by atoms with E-state index >= 15 is 0 Å². The summed E-state index contributed by atoms with van der Waals surface area (Å²) in [4.78, 5) is 22.4. The fourth-order valence-electron chi connectivity index (χ4n) is 1.39. The van der Waals surface area contributed by atoms with Crippen LogP contribution in [0.5, 0.6) is 0 Å². The molecule has 0 unspecified atom stereocenters. The maximum atomic E-state index is 12.9. The second kappa shape index (κ2) is 5.62. The van der Waals surface area contributed by atoms with Crippen LogP contribution in [0.15, 0.2) is 24.3 Å². The summed E-state index contributed by atoms with van der Waals surface area (Å²) < 4.78 is 12.9. The molecule has 0 heterocycles.